The lowest BCUT2D eigenvalue weighted by molar-refractivity contribution is -0.126. The molecule has 1 rings (SSSR count). The number of carbonyl (C=O) groups is 4. The molecule has 1 aromatic carbocycles. The van der Waals surface area contributed by atoms with E-state index in [1.807, 2.05) is 25.2 Å². The van der Waals surface area contributed by atoms with Gasteiger partial charge in [0.15, 0.2) is 0 Å². The lowest BCUT2D eigenvalue weighted by Gasteiger charge is -2.24. The SMILES string of the molecule is Cc1cccc(C(=O)N(C=O)C(C)CCC(=O)NC=O)c1C. The molecule has 0 fully saturated rings. The molecule has 118 valence electrons. The Morgan fingerprint density at radius 2 is 1.95 bits per heavy atom. The molecule has 22 heavy (non-hydrogen) atoms. The van der Waals surface area contributed by atoms with E-state index in [1.54, 1.807) is 19.1 Å². The van der Waals surface area contributed by atoms with E-state index in [4.69, 9.17) is 0 Å². The summed E-state index contributed by atoms with van der Waals surface area (Å²) in [6.45, 7) is 5.41. The molecule has 1 unspecified atom stereocenters. The zero-order chi connectivity index (χ0) is 16.7. The van der Waals surface area contributed by atoms with Gasteiger partial charge in [0.25, 0.3) is 5.91 Å². The van der Waals surface area contributed by atoms with Crippen LogP contribution >= 0.6 is 0 Å². The Bertz CT molecular complexity index is 584. The van der Waals surface area contributed by atoms with Gasteiger partial charge >= 0.3 is 0 Å². The Hall–Kier alpha value is -2.50. The van der Waals surface area contributed by atoms with Crippen LogP contribution in [-0.2, 0) is 14.4 Å². The molecule has 1 aromatic rings. The fourth-order valence-corrected chi connectivity index (χ4v) is 2.09. The summed E-state index contributed by atoms with van der Waals surface area (Å²) in [5.41, 5.74) is 2.26. The van der Waals surface area contributed by atoms with Gasteiger partial charge in [0.05, 0.1) is 0 Å². The molecule has 4 amide bonds. The molecule has 0 heterocycles. The lowest BCUT2D eigenvalue weighted by Crippen LogP contribution is -2.38. The number of carbonyl (C=O) groups excluding carboxylic acids is 4. The number of hydrogen-bond donors (Lipinski definition) is 1. The Morgan fingerprint density at radius 3 is 2.55 bits per heavy atom. The van der Waals surface area contributed by atoms with Gasteiger partial charge in [-0.1, -0.05) is 12.1 Å². The molecule has 0 saturated carbocycles. The van der Waals surface area contributed by atoms with Crippen molar-refractivity contribution >= 4 is 24.6 Å². The molecule has 0 aromatic heterocycles. The van der Waals surface area contributed by atoms with E-state index in [0.29, 0.717) is 18.4 Å². The molecule has 0 aliphatic rings. The van der Waals surface area contributed by atoms with Gasteiger partial charge in [-0.2, -0.15) is 0 Å². The standard InChI is InChI=1S/C16H20N2O4/c1-11-5-4-6-14(13(11)3)16(22)18(10-20)12(2)7-8-15(21)17-9-19/h4-6,9-10,12H,7-8H2,1-3H3,(H,17,19,21). The van der Waals surface area contributed by atoms with E-state index in [9.17, 15) is 19.2 Å². The number of amides is 4. The Balaban J connectivity index is 2.84. The van der Waals surface area contributed by atoms with Crippen LogP contribution in [0.5, 0.6) is 0 Å². The van der Waals surface area contributed by atoms with Crippen LogP contribution in [0.3, 0.4) is 0 Å². The molecule has 0 aliphatic heterocycles. The highest BCUT2D eigenvalue weighted by Crippen LogP contribution is 2.17. The molecule has 1 atom stereocenters. The predicted molar refractivity (Wildman–Crippen MR) is 81.1 cm³/mol. The van der Waals surface area contributed by atoms with Crippen molar-refractivity contribution in [1.29, 1.82) is 0 Å². The number of rotatable bonds is 7. The van der Waals surface area contributed by atoms with Crippen molar-refractivity contribution in [2.45, 2.75) is 39.7 Å². The molecule has 0 saturated heterocycles. The molecule has 6 nitrogen and oxygen atoms in total. The number of imide groups is 2. The molecule has 0 radical (unpaired) electrons. The first-order chi connectivity index (χ1) is 10.4. The Morgan fingerprint density at radius 1 is 1.27 bits per heavy atom. The minimum atomic E-state index is -0.442. The molecule has 0 bridgehead atoms. The highest BCUT2D eigenvalue weighted by Gasteiger charge is 2.23. The third kappa shape index (κ3) is 4.25. The smallest absolute Gasteiger partial charge is 0.260 e. The van der Waals surface area contributed by atoms with Crippen molar-refractivity contribution in [3.05, 3.63) is 34.9 Å². The predicted octanol–water partition coefficient (Wildman–Crippen LogP) is 1.34. The number of hydrogen-bond acceptors (Lipinski definition) is 4. The summed E-state index contributed by atoms with van der Waals surface area (Å²) in [6, 6.07) is 4.89. The van der Waals surface area contributed by atoms with E-state index in [1.165, 1.54) is 0 Å². The average Bonchev–Trinajstić information content (AvgIpc) is 2.49. The minimum absolute atomic E-state index is 0.0598. The fraction of sp³-hybridized carbons (Fsp3) is 0.375. The van der Waals surface area contributed by atoms with Gasteiger partial charge in [0.2, 0.25) is 18.7 Å². The van der Waals surface area contributed by atoms with Crippen LogP contribution in [-0.4, -0.2) is 35.6 Å². The first kappa shape index (κ1) is 17.6. The number of nitrogens with one attached hydrogen (secondary N) is 1. The Kier molecular flexibility index (Phi) is 6.44. The summed E-state index contributed by atoms with van der Waals surface area (Å²) in [6.07, 6.45) is 1.14. The quantitative estimate of drug-likeness (QED) is 0.771. The molecule has 0 spiro atoms. The van der Waals surface area contributed by atoms with Crippen molar-refractivity contribution in [2.75, 3.05) is 0 Å². The number of aryl methyl sites for hydroxylation is 1. The average molecular weight is 304 g/mol. The van der Waals surface area contributed by atoms with Crippen molar-refractivity contribution in [1.82, 2.24) is 10.2 Å². The summed E-state index contributed by atoms with van der Waals surface area (Å²) < 4.78 is 0. The first-order valence-electron chi connectivity index (χ1n) is 6.99. The van der Waals surface area contributed by atoms with Gasteiger partial charge in [-0.3, -0.25) is 29.4 Å². The fourth-order valence-electron chi connectivity index (χ4n) is 2.09. The van der Waals surface area contributed by atoms with E-state index >= 15 is 0 Å². The zero-order valence-corrected chi connectivity index (χ0v) is 13.0. The van der Waals surface area contributed by atoms with E-state index in [-0.39, 0.29) is 18.7 Å². The summed E-state index contributed by atoms with van der Waals surface area (Å²) >= 11 is 0. The summed E-state index contributed by atoms with van der Waals surface area (Å²) in [5, 5.41) is 2.02. The van der Waals surface area contributed by atoms with Crippen molar-refractivity contribution in [3.63, 3.8) is 0 Å². The lowest BCUT2D eigenvalue weighted by atomic mass is 10.0. The normalized spacial score (nSPS) is 11.4. The molecular formula is C16H20N2O4. The van der Waals surface area contributed by atoms with Crippen LogP contribution in [0.4, 0.5) is 0 Å². The maximum atomic E-state index is 12.5. The van der Waals surface area contributed by atoms with Crippen LogP contribution in [0.2, 0.25) is 0 Å². The van der Waals surface area contributed by atoms with Crippen LogP contribution in [0.1, 0.15) is 41.3 Å². The van der Waals surface area contributed by atoms with Gasteiger partial charge in [-0.25, -0.2) is 0 Å². The maximum absolute atomic E-state index is 12.5. The monoisotopic (exact) mass is 304 g/mol. The molecule has 6 heteroatoms. The van der Waals surface area contributed by atoms with Crippen LogP contribution < -0.4 is 5.32 Å². The topological polar surface area (TPSA) is 83.6 Å². The number of nitrogens with zero attached hydrogens (tertiary/aromatic N) is 1. The van der Waals surface area contributed by atoms with E-state index in [0.717, 1.165) is 16.0 Å². The maximum Gasteiger partial charge on any atom is 0.260 e. The van der Waals surface area contributed by atoms with Crippen molar-refractivity contribution in [3.8, 4) is 0 Å². The van der Waals surface area contributed by atoms with Crippen molar-refractivity contribution < 1.29 is 19.2 Å². The largest absolute Gasteiger partial charge is 0.299 e. The summed E-state index contributed by atoms with van der Waals surface area (Å²) in [5.74, 6) is -0.827. The highest BCUT2D eigenvalue weighted by atomic mass is 16.2. The van der Waals surface area contributed by atoms with Gasteiger partial charge in [-0.05, 0) is 44.4 Å². The second-order valence-electron chi connectivity index (χ2n) is 5.14. The van der Waals surface area contributed by atoms with Gasteiger partial charge < -0.3 is 0 Å². The van der Waals surface area contributed by atoms with Gasteiger partial charge in [-0.15, -0.1) is 0 Å². The summed E-state index contributed by atoms with van der Waals surface area (Å²) in [7, 11) is 0. The van der Waals surface area contributed by atoms with E-state index < -0.39 is 11.9 Å². The number of benzene rings is 1. The van der Waals surface area contributed by atoms with E-state index in [2.05, 4.69) is 0 Å². The second kappa shape index (κ2) is 8.07. The molecular weight excluding hydrogens is 284 g/mol. The second-order valence-corrected chi connectivity index (χ2v) is 5.14. The zero-order valence-electron chi connectivity index (χ0n) is 13.0. The van der Waals surface area contributed by atoms with Crippen molar-refractivity contribution in [2.24, 2.45) is 0 Å². The minimum Gasteiger partial charge on any atom is -0.299 e. The summed E-state index contributed by atoms with van der Waals surface area (Å²) in [4.78, 5) is 46.3. The van der Waals surface area contributed by atoms with Crippen LogP contribution in [0.25, 0.3) is 0 Å². The van der Waals surface area contributed by atoms with Gasteiger partial charge in [0, 0.05) is 18.0 Å². The van der Waals surface area contributed by atoms with Gasteiger partial charge in [0.1, 0.15) is 0 Å². The Labute approximate surface area is 129 Å². The molecule has 1 N–H and O–H groups in total. The molecule has 0 aliphatic carbocycles. The van der Waals surface area contributed by atoms with Crippen LogP contribution in [0.15, 0.2) is 18.2 Å². The van der Waals surface area contributed by atoms with Crippen LogP contribution in [0, 0.1) is 13.8 Å². The third-order valence-corrected chi connectivity index (χ3v) is 3.67. The first-order valence-corrected chi connectivity index (χ1v) is 6.99. The third-order valence-electron chi connectivity index (χ3n) is 3.67. The highest BCUT2D eigenvalue weighted by molar-refractivity contribution is 6.01.